The lowest BCUT2D eigenvalue weighted by Crippen LogP contribution is -2.18. The lowest BCUT2D eigenvalue weighted by Gasteiger charge is -2.08. The standard InChI is InChI=1S/C22H15N3O8/c26-17-7-2-1-5-15(17)21(27)24-23-11-14-4-3-6-16(25(29)30)20(14)33-22(28)13-8-9-18-19(10-13)32-12-31-18/h1-11,26H,12H2,(H,24,27)/b23-11-. The molecular weight excluding hydrogens is 434 g/mol. The van der Waals surface area contributed by atoms with E-state index in [1.54, 1.807) is 12.1 Å². The van der Waals surface area contributed by atoms with Gasteiger partial charge in [-0.05, 0) is 36.4 Å². The Labute approximate surface area is 186 Å². The summed E-state index contributed by atoms with van der Waals surface area (Å²) in [5.74, 6) is -1.35. The Morgan fingerprint density at radius 3 is 2.67 bits per heavy atom. The third-order valence-corrected chi connectivity index (χ3v) is 4.54. The molecule has 3 aromatic carbocycles. The van der Waals surface area contributed by atoms with Crippen molar-refractivity contribution in [3.8, 4) is 23.0 Å². The van der Waals surface area contributed by atoms with Crippen LogP contribution >= 0.6 is 0 Å². The SMILES string of the molecule is O=C(Oc1c(/C=N\NC(=O)c2ccccc2O)cccc1[N+](=O)[O-])c1ccc2c(c1)OCO2. The van der Waals surface area contributed by atoms with Gasteiger partial charge in [-0.1, -0.05) is 18.2 Å². The number of hydrogen-bond donors (Lipinski definition) is 2. The fourth-order valence-electron chi connectivity index (χ4n) is 2.96. The van der Waals surface area contributed by atoms with E-state index < -0.39 is 22.5 Å². The lowest BCUT2D eigenvalue weighted by molar-refractivity contribution is -0.385. The third-order valence-electron chi connectivity index (χ3n) is 4.54. The average molecular weight is 449 g/mol. The first kappa shape index (κ1) is 21.3. The predicted octanol–water partition coefficient (Wildman–Crippen LogP) is 3.01. The van der Waals surface area contributed by atoms with Crippen molar-refractivity contribution in [2.75, 3.05) is 6.79 Å². The number of esters is 1. The summed E-state index contributed by atoms with van der Waals surface area (Å²) in [5.41, 5.74) is 1.88. The maximum Gasteiger partial charge on any atom is 0.343 e. The molecule has 166 valence electrons. The first-order chi connectivity index (χ1) is 15.9. The van der Waals surface area contributed by atoms with E-state index in [9.17, 15) is 24.8 Å². The molecule has 4 rings (SSSR count). The van der Waals surface area contributed by atoms with Crippen LogP contribution in [-0.4, -0.2) is 34.9 Å². The van der Waals surface area contributed by atoms with Gasteiger partial charge in [0.05, 0.1) is 22.3 Å². The highest BCUT2D eigenvalue weighted by Crippen LogP contribution is 2.34. The molecule has 33 heavy (non-hydrogen) atoms. The monoisotopic (exact) mass is 449 g/mol. The maximum absolute atomic E-state index is 12.7. The van der Waals surface area contributed by atoms with Crippen molar-refractivity contribution in [2.45, 2.75) is 0 Å². The van der Waals surface area contributed by atoms with Gasteiger partial charge in [0.15, 0.2) is 11.5 Å². The maximum atomic E-state index is 12.7. The highest BCUT2D eigenvalue weighted by atomic mass is 16.7. The zero-order valence-electron chi connectivity index (χ0n) is 16.8. The second kappa shape index (κ2) is 9.06. The molecule has 1 heterocycles. The van der Waals surface area contributed by atoms with E-state index in [0.29, 0.717) is 11.5 Å². The molecule has 0 saturated heterocycles. The van der Waals surface area contributed by atoms with E-state index in [0.717, 1.165) is 6.21 Å². The number of aromatic hydroxyl groups is 1. The number of ether oxygens (including phenoxy) is 3. The summed E-state index contributed by atoms with van der Waals surface area (Å²) in [6, 6.07) is 14.2. The molecule has 0 bridgehead atoms. The number of nitro benzene ring substituents is 1. The van der Waals surface area contributed by atoms with Gasteiger partial charge in [-0.2, -0.15) is 5.10 Å². The Balaban J connectivity index is 1.58. The van der Waals surface area contributed by atoms with Crippen LogP contribution in [-0.2, 0) is 0 Å². The molecule has 3 aromatic rings. The molecule has 0 radical (unpaired) electrons. The Kier molecular flexibility index (Phi) is 5.85. The van der Waals surface area contributed by atoms with E-state index in [2.05, 4.69) is 10.5 Å². The van der Waals surface area contributed by atoms with Crippen LogP contribution < -0.4 is 19.6 Å². The number of nitrogens with one attached hydrogen (secondary N) is 1. The number of para-hydroxylation sites is 2. The van der Waals surface area contributed by atoms with E-state index in [-0.39, 0.29) is 35.0 Å². The van der Waals surface area contributed by atoms with Crippen LogP contribution in [0.1, 0.15) is 26.3 Å². The smallest absolute Gasteiger partial charge is 0.343 e. The van der Waals surface area contributed by atoms with Crippen molar-refractivity contribution >= 4 is 23.8 Å². The minimum absolute atomic E-state index is 0.0110. The van der Waals surface area contributed by atoms with Gasteiger partial charge in [0.25, 0.3) is 5.91 Å². The minimum Gasteiger partial charge on any atom is -0.507 e. The van der Waals surface area contributed by atoms with Gasteiger partial charge in [0.2, 0.25) is 12.5 Å². The number of benzene rings is 3. The number of rotatable bonds is 6. The quantitative estimate of drug-likeness (QED) is 0.192. The number of fused-ring (bicyclic) bond motifs is 1. The van der Waals surface area contributed by atoms with Crippen molar-refractivity contribution in [3.05, 3.63) is 87.5 Å². The van der Waals surface area contributed by atoms with Crippen molar-refractivity contribution < 1.29 is 33.8 Å². The molecular formula is C22H15N3O8. The zero-order valence-corrected chi connectivity index (χ0v) is 16.8. The van der Waals surface area contributed by atoms with Gasteiger partial charge in [-0.25, -0.2) is 10.2 Å². The van der Waals surface area contributed by atoms with Gasteiger partial charge in [-0.15, -0.1) is 0 Å². The molecule has 0 spiro atoms. The summed E-state index contributed by atoms with van der Waals surface area (Å²) in [6.07, 6.45) is 1.09. The number of amides is 1. The van der Waals surface area contributed by atoms with Gasteiger partial charge >= 0.3 is 11.7 Å². The molecule has 1 aliphatic rings. The van der Waals surface area contributed by atoms with E-state index >= 15 is 0 Å². The van der Waals surface area contributed by atoms with Crippen LogP contribution in [0.5, 0.6) is 23.0 Å². The summed E-state index contributed by atoms with van der Waals surface area (Å²) in [7, 11) is 0. The summed E-state index contributed by atoms with van der Waals surface area (Å²) in [5, 5.41) is 25.0. The zero-order chi connectivity index (χ0) is 23.4. The molecule has 0 unspecified atom stereocenters. The van der Waals surface area contributed by atoms with Crippen LogP contribution in [0.3, 0.4) is 0 Å². The first-order valence-corrected chi connectivity index (χ1v) is 9.44. The molecule has 0 aromatic heterocycles. The third kappa shape index (κ3) is 4.56. The molecule has 2 N–H and O–H groups in total. The fraction of sp³-hybridized carbons (Fsp3) is 0.0455. The van der Waals surface area contributed by atoms with Gasteiger partial charge in [-0.3, -0.25) is 14.9 Å². The van der Waals surface area contributed by atoms with Gasteiger partial charge < -0.3 is 19.3 Å². The normalized spacial score (nSPS) is 11.9. The first-order valence-electron chi connectivity index (χ1n) is 9.44. The van der Waals surface area contributed by atoms with Crippen LogP contribution in [0.25, 0.3) is 0 Å². The number of nitro groups is 1. The van der Waals surface area contributed by atoms with Crippen molar-refractivity contribution in [2.24, 2.45) is 5.10 Å². The number of carbonyl (C=O) groups excluding carboxylic acids is 2. The second-order valence-electron chi connectivity index (χ2n) is 6.63. The number of phenolic OH excluding ortho intramolecular Hbond substituents is 1. The van der Waals surface area contributed by atoms with Gasteiger partial charge in [0, 0.05) is 11.6 Å². The van der Waals surface area contributed by atoms with E-state index in [4.69, 9.17) is 14.2 Å². The van der Waals surface area contributed by atoms with Crippen molar-refractivity contribution in [1.82, 2.24) is 5.43 Å². The molecule has 0 saturated carbocycles. The van der Waals surface area contributed by atoms with Crippen LogP contribution in [0.2, 0.25) is 0 Å². The molecule has 11 nitrogen and oxygen atoms in total. The summed E-state index contributed by atoms with van der Waals surface area (Å²) in [4.78, 5) is 35.6. The minimum atomic E-state index is -0.865. The molecule has 1 amide bonds. The summed E-state index contributed by atoms with van der Waals surface area (Å²) < 4.78 is 15.7. The van der Waals surface area contributed by atoms with Gasteiger partial charge in [0.1, 0.15) is 5.75 Å². The number of nitrogens with zero attached hydrogens (tertiary/aromatic N) is 2. The number of phenols is 1. The Hall–Kier alpha value is -4.93. The largest absolute Gasteiger partial charge is 0.507 e. The van der Waals surface area contributed by atoms with E-state index in [1.807, 2.05) is 0 Å². The second-order valence-corrected chi connectivity index (χ2v) is 6.63. The lowest BCUT2D eigenvalue weighted by atomic mass is 10.1. The highest BCUT2D eigenvalue weighted by molar-refractivity contribution is 5.98. The molecule has 0 fully saturated rings. The molecule has 0 atom stereocenters. The average Bonchev–Trinajstić information content (AvgIpc) is 3.28. The Morgan fingerprint density at radius 1 is 1.09 bits per heavy atom. The number of carbonyl (C=O) groups is 2. The number of hydrogen-bond acceptors (Lipinski definition) is 9. The fourth-order valence-corrected chi connectivity index (χ4v) is 2.96. The Bertz CT molecular complexity index is 1290. The predicted molar refractivity (Wildman–Crippen MR) is 114 cm³/mol. The van der Waals surface area contributed by atoms with Crippen LogP contribution in [0.15, 0.2) is 65.8 Å². The van der Waals surface area contributed by atoms with Crippen LogP contribution in [0, 0.1) is 10.1 Å². The van der Waals surface area contributed by atoms with E-state index in [1.165, 1.54) is 48.5 Å². The summed E-state index contributed by atoms with van der Waals surface area (Å²) >= 11 is 0. The topological polar surface area (TPSA) is 150 Å². The molecule has 11 heteroatoms. The van der Waals surface area contributed by atoms with Crippen molar-refractivity contribution in [3.63, 3.8) is 0 Å². The summed E-state index contributed by atoms with van der Waals surface area (Å²) in [6.45, 7) is 0.0189. The highest BCUT2D eigenvalue weighted by Gasteiger charge is 2.24. The number of hydrazone groups is 1. The Morgan fingerprint density at radius 2 is 1.88 bits per heavy atom. The van der Waals surface area contributed by atoms with Crippen LogP contribution in [0.4, 0.5) is 5.69 Å². The molecule has 0 aliphatic carbocycles. The molecule has 1 aliphatic heterocycles. The van der Waals surface area contributed by atoms with Crippen molar-refractivity contribution in [1.29, 1.82) is 0 Å².